The van der Waals surface area contributed by atoms with Gasteiger partial charge in [0.25, 0.3) is 0 Å². The third kappa shape index (κ3) is 3.39. The van der Waals surface area contributed by atoms with Crippen molar-refractivity contribution in [2.24, 2.45) is 0 Å². The largest absolute Gasteiger partial charge is 0.497 e. The zero-order valence-electron chi connectivity index (χ0n) is 11.5. The Morgan fingerprint density at radius 2 is 1.83 bits per heavy atom. The van der Waals surface area contributed by atoms with Crippen LogP contribution in [-0.2, 0) is 11.2 Å². The second-order valence-electron chi connectivity index (χ2n) is 3.92. The van der Waals surface area contributed by atoms with Crippen molar-refractivity contribution in [2.75, 3.05) is 27.3 Å². The predicted octanol–water partition coefficient (Wildman–Crippen LogP) is 2.11. The maximum Gasteiger partial charge on any atom is 0.227 e. The van der Waals surface area contributed by atoms with Crippen molar-refractivity contribution in [3.05, 3.63) is 23.8 Å². The molecule has 1 amide bonds. The first-order valence-corrected chi connectivity index (χ1v) is 6.14. The minimum atomic E-state index is 0.103. The number of likely N-dealkylation sites (N-methyl/N-ethyl adjacent to an activating group) is 1. The Morgan fingerprint density at radius 3 is 2.33 bits per heavy atom. The van der Waals surface area contributed by atoms with Crippen LogP contribution < -0.4 is 9.47 Å². The summed E-state index contributed by atoms with van der Waals surface area (Å²) in [6, 6.07) is 5.49. The summed E-state index contributed by atoms with van der Waals surface area (Å²) < 4.78 is 10.4. The third-order valence-electron chi connectivity index (χ3n) is 2.95. The molecule has 0 N–H and O–H groups in total. The molecule has 0 aliphatic heterocycles. The molecule has 18 heavy (non-hydrogen) atoms. The van der Waals surface area contributed by atoms with Crippen LogP contribution >= 0.6 is 0 Å². The lowest BCUT2D eigenvalue weighted by Crippen LogP contribution is -2.31. The molecule has 0 aliphatic rings. The van der Waals surface area contributed by atoms with E-state index in [0.29, 0.717) is 6.42 Å². The van der Waals surface area contributed by atoms with Crippen LogP contribution in [0, 0.1) is 0 Å². The smallest absolute Gasteiger partial charge is 0.227 e. The van der Waals surface area contributed by atoms with Gasteiger partial charge in [-0.1, -0.05) is 0 Å². The summed E-state index contributed by atoms with van der Waals surface area (Å²) in [7, 11) is 3.21. The summed E-state index contributed by atoms with van der Waals surface area (Å²) >= 11 is 0. The highest BCUT2D eigenvalue weighted by Gasteiger charge is 2.14. The number of benzene rings is 1. The summed E-state index contributed by atoms with van der Waals surface area (Å²) in [5.41, 5.74) is 0.855. The second-order valence-corrected chi connectivity index (χ2v) is 3.92. The van der Waals surface area contributed by atoms with E-state index in [1.54, 1.807) is 19.1 Å². The minimum Gasteiger partial charge on any atom is -0.497 e. The van der Waals surface area contributed by atoms with Crippen LogP contribution in [0.2, 0.25) is 0 Å². The molecule has 0 aliphatic carbocycles. The Bertz CT molecular complexity index is 400. The Labute approximate surface area is 108 Å². The van der Waals surface area contributed by atoms with E-state index in [9.17, 15) is 4.79 Å². The monoisotopic (exact) mass is 251 g/mol. The van der Waals surface area contributed by atoms with Crippen LogP contribution in [0.15, 0.2) is 18.2 Å². The number of rotatable bonds is 6. The SMILES string of the molecule is CCN(CC)C(=O)Cc1cc(OC)ccc1OC. The van der Waals surface area contributed by atoms with E-state index < -0.39 is 0 Å². The molecule has 0 radical (unpaired) electrons. The molecular weight excluding hydrogens is 230 g/mol. The fourth-order valence-electron chi connectivity index (χ4n) is 1.87. The summed E-state index contributed by atoms with van der Waals surface area (Å²) in [6.45, 7) is 5.40. The molecule has 100 valence electrons. The summed E-state index contributed by atoms with van der Waals surface area (Å²) in [5, 5.41) is 0. The first-order valence-electron chi connectivity index (χ1n) is 6.14. The van der Waals surface area contributed by atoms with Crippen molar-refractivity contribution < 1.29 is 14.3 Å². The highest BCUT2D eigenvalue weighted by Crippen LogP contribution is 2.24. The van der Waals surface area contributed by atoms with Gasteiger partial charge in [0.1, 0.15) is 11.5 Å². The van der Waals surface area contributed by atoms with Crippen LogP contribution in [0.25, 0.3) is 0 Å². The summed E-state index contributed by atoms with van der Waals surface area (Å²) in [4.78, 5) is 13.9. The number of ether oxygens (including phenoxy) is 2. The van der Waals surface area contributed by atoms with Crippen molar-refractivity contribution in [2.45, 2.75) is 20.3 Å². The van der Waals surface area contributed by atoms with Crippen LogP contribution in [0.1, 0.15) is 19.4 Å². The lowest BCUT2D eigenvalue weighted by molar-refractivity contribution is -0.130. The molecule has 0 atom stereocenters. The standard InChI is InChI=1S/C14H21NO3/c1-5-15(6-2)14(16)10-11-9-12(17-3)7-8-13(11)18-4/h7-9H,5-6,10H2,1-4H3. The summed E-state index contributed by atoms with van der Waals surface area (Å²) in [5.74, 6) is 1.56. The van der Waals surface area contributed by atoms with E-state index in [4.69, 9.17) is 9.47 Å². The quantitative estimate of drug-likeness (QED) is 0.777. The van der Waals surface area contributed by atoms with Crippen LogP contribution in [0.4, 0.5) is 0 Å². The molecule has 0 heterocycles. The minimum absolute atomic E-state index is 0.103. The maximum absolute atomic E-state index is 12.1. The lowest BCUT2D eigenvalue weighted by atomic mass is 10.1. The Balaban J connectivity index is 2.91. The molecule has 0 bridgehead atoms. The topological polar surface area (TPSA) is 38.8 Å². The van der Waals surface area contributed by atoms with Crippen molar-refractivity contribution in [3.63, 3.8) is 0 Å². The summed E-state index contributed by atoms with van der Waals surface area (Å²) in [6.07, 6.45) is 0.335. The van der Waals surface area contributed by atoms with E-state index in [1.165, 1.54) is 0 Å². The van der Waals surface area contributed by atoms with E-state index in [0.717, 1.165) is 30.2 Å². The normalized spacial score (nSPS) is 10.0. The number of nitrogens with zero attached hydrogens (tertiary/aromatic N) is 1. The zero-order chi connectivity index (χ0) is 13.5. The molecule has 0 unspecified atom stereocenters. The lowest BCUT2D eigenvalue weighted by Gasteiger charge is -2.19. The Hall–Kier alpha value is -1.71. The number of amides is 1. The van der Waals surface area contributed by atoms with Crippen LogP contribution in [0.5, 0.6) is 11.5 Å². The Kier molecular flexibility index (Phi) is 5.49. The van der Waals surface area contributed by atoms with Crippen LogP contribution in [-0.4, -0.2) is 38.1 Å². The average Bonchev–Trinajstić information content (AvgIpc) is 2.40. The van der Waals surface area contributed by atoms with E-state index in [2.05, 4.69) is 0 Å². The number of hydrogen-bond donors (Lipinski definition) is 0. The molecule has 0 fully saturated rings. The molecule has 4 nitrogen and oxygen atoms in total. The predicted molar refractivity (Wildman–Crippen MR) is 71.2 cm³/mol. The fraction of sp³-hybridized carbons (Fsp3) is 0.500. The molecule has 0 saturated heterocycles. The van der Waals surface area contributed by atoms with Crippen molar-refractivity contribution in [1.29, 1.82) is 0 Å². The second kappa shape index (κ2) is 6.89. The number of carbonyl (C=O) groups is 1. The van der Waals surface area contributed by atoms with Crippen molar-refractivity contribution in [1.82, 2.24) is 4.90 Å². The van der Waals surface area contributed by atoms with Gasteiger partial charge in [-0.05, 0) is 32.0 Å². The highest BCUT2D eigenvalue weighted by atomic mass is 16.5. The van der Waals surface area contributed by atoms with Gasteiger partial charge in [0.2, 0.25) is 5.91 Å². The molecule has 0 aromatic heterocycles. The fourth-order valence-corrected chi connectivity index (χ4v) is 1.87. The van der Waals surface area contributed by atoms with Gasteiger partial charge in [0, 0.05) is 18.7 Å². The number of hydrogen-bond acceptors (Lipinski definition) is 3. The molecule has 4 heteroatoms. The van der Waals surface area contributed by atoms with E-state index in [1.807, 2.05) is 32.0 Å². The number of carbonyl (C=O) groups excluding carboxylic acids is 1. The highest BCUT2D eigenvalue weighted by molar-refractivity contribution is 5.79. The molecule has 1 rings (SSSR count). The van der Waals surface area contributed by atoms with E-state index >= 15 is 0 Å². The molecule has 0 saturated carbocycles. The van der Waals surface area contributed by atoms with Gasteiger partial charge in [-0.25, -0.2) is 0 Å². The molecular formula is C14H21NO3. The van der Waals surface area contributed by atoms with Gasteiger partial charge in [-0.15, -0.1) is 0 Å². The van der Waals surface area contributed by atoms with Crippen molar-refractivity contribution >= 4 is 5.91 Å². The van der Waals surface area contributed by atoms with Crippen molar-refractivity contribution in [3.8, 4) is 11.5 Å². The van der Waals surface area contributed by atoms with Gasteiger partial charge < -0.3 is 14.4 Å². The average molecular weight is 251 g/mol. The van der Waals surface area contributed by atoms with Crippen LogP contribution in [0.3, 0.4) is 0 Å². The Morgan fingerprint density at radius 1 is 1.17 bits per heavy atom. The molecule has 0 spiro atoms. The third-order valence-corrected chi connectivity index (χ3v) is 2.95. The van der Waals surface area contributed by atoms with E-state index in [-0.39, 0.29) is 5.91 Å². The molecule has 1 aromatic carbocycles. The van der Waals surface area contributed by atoms with Gasteiger partial charge in [0.05, 0.1) is 20.6 Å². The van der Waals surface area contributed by atoms with Gasteiger partial charge in [-0.3, -0.25) is 4.79 Å². The van der Waals surface area contributed by atoms with Gasteiger partial charge in [0.15, 0.2) is 0 Å². The first-order chi connectivity index (χ1) is 8.65. The number of methoxy groups -OCH3 is 2. The van der Waals surface area contributed by atoms with Gasteiger partial charge in [-0.2, -0.15) is 0 Å². The first kappa shape index (κ1) is 14.4. The van der Waals surface area contributed by atoms with Gasteiger partial charge >= 0.3 is 0 Å². The molecule has 1 aromatic rings. The zero-order valence-corrected chi connectivity index (χ0v) is 11.5. The maximum atomic E-state index is 12.1.